The molecule has 0 aliphatic rings. The minimum Gasteiger partial charge on any atom is -0.197 e. The van der Waals surface area contributed by atoms with E-state index in [0.717, 1.165) is 0 Å². The molecule has 0 radical (unpaired) electrons. The van der Waals surface area contributed by atoms with Gasteiger partial charge in [0.05, 0.1) is 12.1 Å². The van der Waals surface area contributed by atoms with E-state index >= 15 is 0 Å². The molecule has 0 aliphatic heterocycles. The molecule has 0 saturated carbocycles. The number of allylic oxidation sites excluding steroid dienone is 2. The molecule has 46 valence electrons. The first-order chi connectivity index (χ1) is 4.20. The number of nitriles is 2. The second kappa shape index (κ2) is 4.12. The highest BCUT2D eigenvalue weighted by Gasteiger charge is 1.94. The summed E-state index contributed by atoms with van der Waals surface area (Å²) in [7, 11) is 0. The van der Waals surface area contributed by atoms with Crippen molar-refractivity contribution >= 4 is 15.9 Å². The fraction of sp³-hybridized carbons (Fsp3) is 0.333. The monoisotopic (exact) mass is 184 g/mol. The Labute approximate surface area is 62.5 Å². The summed E-state index contributed by atoms with van der Waals surface area (Å²) in [6.45, 7) is 1.66. The summed E-state index contributed by atoms with van der Waals surface area (Å²) in [6.07, 6.45) is 1.56. The van der Waals surface area contributed by atoms with Crippen LogP contribution in [0.3, 0.4) is 0 Å². The van der Waals surface area contributed by atoms with E-state index in [2.05, 4.69) is 15.9 Å². The van der Waals surface area contributed by atoms with Gasteiger partial charge in [-0.15, -0.1) is 0 Å². The average molecular weight is 185 g/mol. The molecule has 3 heteroatoms. The van der Waals surface area contributed by atoms with Crippen LogP contribution in [-0.4, -0.2) is 4.83 Å². The molecule has 1 atom stereocenters. The summed E-state index contributed by atoms with van der Waals surface area (Å²) in [6, 6.07) is 3.83. The van der Waals surface area contributed by atoms with Crippen LogP contribution in [0.1, 0.15) is 6.92 Å². The first kappa shape index (κ1) is 8.20. The van der Waals surface area contributed by atoms with E-state index in [4.69, 9.17) is 10.5 Å². The third-order valence-corrected chi connectivity index (χ3v) is 1.17. The molecule has 0 amide bonds. The molecule has 0 rings (SSSR count). The van der Waals surface area contributed by atoms with Crippen molar-refractivity contribution in [3.8, 4) is 12.1 Å². The van der Waals surface area contributed by atoms with Crippen LogP contribution in [0.4, 0.5) is 0 Å². The van der Waals surface area contributed by atoms with Crippen molar-refractivity contribution in [3.05, 3.63) is 11.6 Å². The second-order valence-corrected chi connectivity index (χ2v) is 2.48. The van der Waals surface area contributed by atoms with Crippen LogP contribution in [0, 0.1) is 22.7 Å². The number of nitrogens with zero attached hydrogens (tertiary/aromatic N) is 2. The zero-order valence-corrected chi connectivity index (χ0v) is 6.51. The maximum absolute atomic E-state index is 8.23. The first-order valence-electron chi connectivity index (χ1n) is 2.33. The highest BCUT2D eigenvalue weighted by Crippen LogP contribution is 2.02. The van der Waals surface area contributed by atoms with Crippen molar-refractivity contribution in [1.29, 1.82) is 10.5 Å². The van der Waals surface area contributed by atoms with Gasteiger partial charge in [-0.1, -0.05) is 15.9 Å². The Hall–Kier alpha value is -0.800. The molecule has 0 heterocycles. The van der Waals surface area contributed by atoms with Crippen molar-refractivity contribution in [3.63, 3.8) is 0 Å². The highest BCUT2D eigenvalue weighted by molar-refractivity contribution is 9.09. The molecule has 0 bridgehead atoms. The summed E-state index contributed by atoms with van der Waals surface area (Å²) >= 11 is 3.03. The van der Waals surface area contributed by atoms with Gasteiger partial charge in [0, 0.05) is 5.57 Å². The van der Waals surface area contributed by atoms with Gasteiger partial charge in [-0.25, -0.2) is 0 Å². The lowest BCUT2D eigenvalue weighted by molar-refractivity contribution is 1.34. The lowest BCUT2D eigenvalue weighted by atomic mass is 10.3. The minimum absolute atomic E-state index is 0.336. The van der Waals surface area contributed by atoms with Crippen molar-refractivity contribution in [2.75, 3.05) is 0 Å². The average Bonchev–Trinajstić information content (AvgIpc) is 1.87. The standard InChI is InChI=1S/C6H5BrN2/c1-5(3-8)2-6(7)4-9/h2,6H,1H3. The van der Waals surface area contributed by atoms with Crippen LogP contribution in [0.5, 0.6) is 0 Å². The van der Waals surface area contributed by atoms with E-state index in [1.807, 2.05) is 12.1 Å². The zero-order chi connectivity index (χ0) is 7.28. The Bertz CT molecular complexity index is 194. The predicted octanol–water partition coefficient (Wildman–Crippen LogP) is 1.74. The summed E-state index contributed by atoms with van der Waals surface area (Å²) in [5, 5.41) is 16.5. The third kappa shape index (κ3) is 3.76. The third-order valence-electron chi connectivity index (χ3n) is 0.696. The topological polar surface area (TPSA) is 47.6 Å². The summed E-state index contributed by atoms with van der Waals surface area (Å²) in [5.41, 5.74) is 0.554. The van der Waals surface area contributed by atoms with Gasteiger partial charge >= 0.3 is 0 Å². The van der Waals surface area contributed by atoms with Crippen molar-refractivity contribution in [2.24, 2.45) is 0 Å². The predicted molar refractivity (Wildman–Crippen MR) is 37.7 cm³/mol. The molecular formula is C6H5BrN2. The molecule has 0 aromatic carbocycles. The minimum atomic E-state index is -0.336. The molecule has 9 heavy (non-hydrogen) atoms. The number of rotatable bonds is 1. The van der Waals surface area contributed by atoms with E-state index in [0.29, 0.717) is 5.57 Å². The largest absolute Gasteiger partial charge is 0.197 e. The molecule has 0 aromatic heterocycles. The van der Waals surface area contributed by atoms with Crippen LogP contribution in [0.2, 0.25) is 0 Å². The van der Waals surface area contributed by atoms with Gasteiger partial charge in [-0.2, -0.15) is 10.5 Å². The van der Waals surface area contributed by atoms with Crippen molar-refractivity contribution in [1.82, 2.24) is 0 Å². The number of halogens is 1. The first-order valence-corrected chi connectivity index (χ1v) is 3.24. The highest BCUT2D eigenvalue weighted by atomic mass is 79.9. The van der Waals surface area contributed by atoms with Gasteiger partial charge in [0.25, 0.3) is 0 Å². The van der Waals surface area contributed by atoms with E-state index in [1.54, 1.807) is 13.0 Å². The molecular weight excluding hydrogens is 180 g/mol. The second-order valence-electron chi connectivity index (χ2n) is 1.49. The SMILES string of the molecule is CC(C#N)=CC(Br)C#N. The Kier molecular flexibility index (Phi) is 3.75. The van der Waals surface area contributed by atoms with Gasteiger partial charge in [-0.05, 0) is 13.0 Å². The quantitative estimate of drug-likeness (QED) is 0.461. The summed E-state index contributed by atoms with van der Waals surface area (Å²) < 4.78 is 0. The molecule has 2 nitrogen and oxygen atoms in total. The normalized spacial score (nSPS) is 13.6. The maximum Gasteiger partial charge on any atom is 0.121 e. The fourth-order valence-corrected chi connectivity index (χ4v) is 0.691. The molecule has 0 N–H and O–H groups in total. The van der Waals surface area contributed by atoms with Crippen LogP contribution >= 0.6 is 15.9 Å². The van der Waals surface area contributed by atoms with Gasteiger partial charge in [0.1, 0.15) is 4.83 Å². The summed E-state index contributed by atoms with van der Waals surface area (Å²) in [4.78, 5) is -0.336. The zero-order valence-electron chi connectivity index (χ0n) is 4.93. The van der Waals surface area contributed by atoms with Gasteiger partial charge in [0.15, 0.2) is 0 Å². The summed E-state index contributed by atoms with van der Waals surface area (Å²) in [5.74, 6) is 0. The molecule has 0 fully saturated rings. The molecule has 0 aliphatic carbocycles. The Morgan fingerprint density at radius 3 is 2.56 bits per heavy atom. The molecule has 0 aromatic rings. The Morgan fingerprint density at radius 1 is 1.67 bits per heavy atom. The van der Waals surface area contributed by atoms with Crippen LogP contribution in [-0.2, 0) is 0 Å². The van der Waals surface area contributed by atoms with E-state index in [-0.39, 0.29) is 4.83 Å². The maximum atomic E-state index is 8.23. The Morgan fingerprint density at radius 2 is 2.22 bits per heavy atom. The van der Waals surface area contributed by atoms with Gasteiger partial charge in [0.2, 0.25) is 0 Å². The lowest BCUT2D eigenvalue weighted by Gasteiger charge is -1.86. The molecule has 0 saturated heterocycles. The number of hydrogen-bond acceptors (Lipinski definition) is 2. The van der Waals surface area contributed by atoms with Gasteiger partial charge in [-0.3, -0.25) is 0 Å². The van der Waals surface area contributed by atoms with E-state index in [1.165, 1.54) is 0 Å². The van der Waals surface area contributed by atoms with Crippen LogP contribution in [0.25, 0.3) is 0 Å². The smallest absolute Gasteiger partial charge is 0.121 e. The Balaban J connectivity index is 4.03. The van der Waals surface area contributed by atoms with E-state index < -0.39 is 0 Å². The van der Waals surface area contributed by atoms with Crippen molar-refractivity contribution < 1.29 is 0 Å². The lowest BCUT2D eigenvalue weighted by Crippen LogP contribution is -1.85. The van der Waals surface area contributed by atoms with Crippen LogP contribution < -0.4 is 0 Å². The van der Waals surface area contributed by atoms with Crippen molar-refractivity contribution in [2.45, 2.75) is 11.8 Å². The van der Waals surface area contributed by atoms with E-state index in [9.17, 15) is 0 Å². The fourth-order valence-electron chi connectivity index (χ4n) is 0.294. The van der Waals surface area contributed by atoms with Gasteiger partial charge < -0.3 is 0 Å². The number of hydrogen-bond donors (Lipinski definition) is 0. The number of alkyl halides is 1. The van der Waals surface area contributed by atoms with Crippen LogP contribution in [0.15, 0.2) is 11.6 Å². The molecule has 0 spiro atoms. The molecule has 1 unspecified atom stereocenters.